The number of aromatic nitrogens is 3. The smallest absolute Gasteiger partial charge is 0.155 e. The van der Waals surface area contributed by atoms with Gasteiger partial charge in [0.25, 0.3) is 0 Å². The third-order valence-corrected chi connectivity index (χ3v) is 3.94. The minimum absolute atomic E-state index is 0.251. The highest BCUT2D eigenvalue weighted by atomic mass is 19.1. The Morgan fingerprint density at radius 1 is 1.16 bits per heavy atom. The van der Waals surface area contributed by atoms with Gasteiger partial charge in [-0.3, -0.25) is 0 Å². The van der Waals surface area contributed by atoms with Gasteiger partial charge in [0.1, 0.15) is 17.4 Å². The molecule has 0 bridgehead atoms. The first-order chi connectivity index (χ1) is 12.1. The maximum atomic E-state index is 13.1. The van der Waals surface area contributed by atoms with Crippen molar-refractivity contribution < 1.29 is 9.13 Å². The van der Waals surface area contributed by atoms with Crippen LogP contribution < -0.4 is 10.5 Å². The summed E-state index contributed by atoms with van der Waals surface area (Å²) in [5, 5.41) is 4.60. The van der Waals surface area contributed by atoms with E-state index in [2.05, 4.69) is 10.1 Å². The molecule has 130 valence electrons. The Morgan fingerprint density at radius 2 is 1.88 bits per heavy atom. The number of ether oxygens (including phenoxy) is 1. The maximum Gasteiger partial charge on any atom is 0.155 e. The monoisotopic (exact) mass is 340 g/mol. The molecule has 3 aromatic rings. The lowest BCUT2D eigenvalue weighted by Gasteiger charge is -2.08. The molecule has 0 aliphatic carbocycles. The van der Waals surface area contributed by atoms with Crippen LogP contribution in [0.2, 0.25) is 0 Å². The minimum atomic E-state index is -0.258. The normalized spacial score (nSPS) is 12.2. The quantitative estimate of drug-likeness (QED) is 0.749. The first-order valence-electron chi connectivity index (χ1n) is 8.12. The van der Waals surface area contributed by atoms with Crippen LogP contribution in [0.4, 0.5) is 4.39 Å². The summed E-state index contributed by atoms with van der Waals surface area (Å²) in [7, 11) is 1.65. The molecule has 1 atom stereocenters. The molecule has 6 heteroatoms. The van der Waals surface area contributed by atoms with Gasteiger partial charge in [-0.05, 0) is 30.7 Å². The summed E-state index contributed by atoms with van der Waals surface area (Å²) in [6, 6.07) is 13.9. The van der Waals surface area contributed by atoms with E-state index in [0.29, 0.717) is 24.6 Å². The lowest BCUT2D eigenvalue weighted by Crippen LogP contribution is -2.15. The number of para-hydroxylation sites is 1. The average molecular weight is 340 g/mol. The standard InChI is InChI=1S/C19H21FN4O/c1-13(21)19-22-18(11-15-5-3-4-6-17(15)25-2)23-24(19)12-14-7-9-16(20)10-8-14/h3-10,13H,11-12,21H2,1-2H3. The molecule has 1 heterocycles. The van der Waals surface area contributed by atoms with Crippen LogP contribution in [-0.4, -0.2) is 21.9 Å². The van der Waals surface area contributed by atoms with Crippen LogP contribution in [0.25, 0.3) is 0 Å². The Balaban J connectivity index is 1.88. The predicted octanol–water partition coefficient (Wildman–Crippen LogP) is 3.08. The summed E-state index contributed by atoms with van der Waals surface area (Å²) in [4.78, 5) is 4.59. The van der Waals surface area contributed by atoms with Gasteiger partial charge in [0.2, 0.25) is 0 Å². The molecule has 0 saturated carbocycles. The van der Waals surface area contributed by atoms with E-state index >= 15 is 0 Å². The minimum Gasteiger partial charge on any atom is -0.496 e. The Kier molecular flexibility index (Phi) is 5.09. The second-order valence-corrected chi connectivity index (χ2v) is 5.95. The molecular formula is C19H21FN4O. The molecule has 0 aliphatic heterocycles. The highest BCUT2D eigenvalue weighted by molar-refractivity contribution is 5.35. The van der Waals surface area contributed by atoms with Crippen molar-refractivity contribution >= 4 is 0 Å². The van der Waals surface area contributed by atoms with Crippen molar-refractivity contribution in [3.05, 3.63) is 77.1 Å². The zero-order valence-electron chi connectivity index (χ0n) is 14.3. The van der Waals surface area contributed by atoms with Crippen LogP contribution in [-0.2, 0) is 13.0 Å². The second-order valence-electron chi connectivity index (χ2n) is 5.95. The van der Waals surface area contributed by atoms with Crippen molar-refractivity contribution in [2.75, 3.05) is 7.11 Å². The van der Waals surface area contributed by atoms with Crippen LogP contribution in [0.3, 0.4) is 0 Å². The molecule has 1 unspecified atom stereocenters. The Morgan fingerprint density at radius 3 is 2.56 bits per heavy atom. The van der Waals surface area contributed by atoms with E-state index < -0.39 is 0 Å². The highest BCUT2D eigenvalue weighted by Crippen LogP contribution is 2.21. The van der Waals surface area contributed by atoms with E-state index in [1.165, 1.54) is 12.1 Å². The summed E-state index contributed by atoms with van der Waals surface area (Å²) in [5.41, 5.74) is 8.00. The molecule has 0 fully saturated rings. The van der Waals surface area contributed by atoms with E-state index in [9.17, 15) is 4.39 Å². The first-order valence-corrected chi connectivity index (χ1v) is 8.12. The van der Waals surface area contributed by atoms with Crippen molar-refractivity contribution in [2.45, 2.75) is 25.9 Å². The fraction of sp³-hybridized carbons (Fsp3) is 0.263. The zero-order valence-corrected chi connectivity index (χ0v) is 14.3. The second kappa shape index (κ2) is 7.44. The van der Waals surface area contributed by atoms with E-state index in [4.69, 9.17) is 10.5 Å². The highest BCUT2D eigenvalue weighted by Gasteiger charge is 2.15. The Bertz CT molecular complexity index is 843. The van der Waals surface area contributed by atoms with Crippen LogP contribution in [0, 0.1) is 5.82 Å². The average Bonchev–Trinajstić information content (AvgIpc) is 3.00. The molecule has 0 aliphatic rings. The molecule has 1 aromatic heterocycles. The first kappa shape index (κ1) is 17.1. The van der Waals surface area contributed by atoms with Gasteiger partial charge in [-0.25, -0.2) is 14.1 Å². The lowest BCUT2D eigenvalue weighted by atomic mass is 10.1. The largest absolute Gasteiger partial charge is 0.496 e. The van der Waals surface area contributed by atoms with Crippen molar-refractivity contribution in [1.82, 2.24) is 14.8 Å². The SMILES string of the molecule is COc1ccccc1Cc1nc(C(C)N)n(Cc2ccc(F)cc2)n1. The number of hydrogen-bond acceptors (Lipinski definition) is 4. The topological polar surface area (TPSA) is 66.0 Å². The van der Waals surface area contributed by atoms with Gasteiger partial charge in [0.05, 0.1) is 19.7 Å². The molecule has 0 amide bonds. The molecular weight excluding hydrogens is 319 g/mol. The van der Waals surface area contributed by atoms with Crippen LogP contribution in [0.5, 0.6) is 5.75 Å². The van der Waals surface area contributed by atoms with Crippen LogP contribution in [0.1, 0.15) is 35.7 Å². The summed E-state index contributed by atoms with van der Waals surface area (Å²) >= 11 is 0. The Labute approximate surface area is 146 Å². The Hall–Kier alpha value is -2.73. The van der Waals surface area contributed by atoms with Crippen LogP contribution in [0.15, 0.2) is 48.5 Å². The maximum absolute atomic E-state index is 13.1. The number of rotatable bonds is 6. The summed E-state index contributed by atoms with van der Waals surface area (Å²) < 4.78 is 20.3. The van der Waals surface area contributed by atoms with Crippen molar-refractivity contribution in [1.29, 1.82) is 0 Å². The molecule has 0 radical (unpaired) electrons. The number of benzene rings is 2. The zero-order chi connectivity index (χ0) is 17.8. The molecule has 3 rings (SSSR count). The molecule has 2 aromatic carbocycles. The molecule has 2 N–H and O–H groups in total. The van der Waals surface area contributed by atoms with Gasteiger partial charge in [-0.15, -0.1) is 0 Å². The van der Waals surface area contributed by atoms with E-state index in [0.717, 1.165) is 16.9 Å². The predicted molar refractivity (Wildman–Crippen MR) is 93.9 cm³/mol. The van der Waals surface area contributed by atoms with Crippen LogP contribution >= 0.6 is 0 Å². The lowest BCUT2D eigenvalue weighted by molar-refractivity contribution is 0.410. The fourth-order valence-electron chi connectivity index (χ4n) is 2.71. The fourth-order valence-corrected chi connectivity index (χ4v) is 2.71. The molecule has 5 nitrogen and oxygen atoms in total. The van der Waals surface area contributed by atoms with E-state index in [1.54, 1.807) is 23.9 Å². The summed E-state index contributed by atoms with van der Waals surface area (Å²) in [5.74, 6) is 1.93. The number of hydrogen-bond donors (Lipinski definition) is 1. The van der Waals surface area contributed by atoms with E-state index in [-0.39, 0.29) is 11.9 Å². The summed E-state index contributed by atoms with van der Waals surface area (Å²) in [6.07, 6.45) is 0.556. The van der Waals surface area contributed by atoms with Gasteiger partial charge in [-0.1, -0.05) is 30.3 Å². The number of halogens is 1. The molecule has 0 saturated heterocycles. The van der Waals surface area contributed by atoms with Gasteiger partial charge >= 0.3 is 0 Å². The number of nitrogens with zero attached hydrogens (tertiary/aromatic N) is 3. The van der Waals surface area contributed by atoms with Crippen molar-refractivity contribution in [3.63, 3.8) is 0 Å². The third-order valence-electron chi connectivity index (χ3n) is 3.94. The van der Waals surface area contributed by atoms with Crippen molar-refractivity contribution in [2.24, 2.45) is 5.73 Å². The van der Waals surface area contributed by atoms with Crippen molar-refractivity contribution in [3.8, 4) is 5.75 Å². The van der Waals surface area contributed by atoms with Gasteiger partial charge < -0.3 is 10.5 Å². The molecule has 25 heavy (non-hydrogen) atoms. The van der Waals surface area contributed by atoms with Gasteiger partial charge in [0, 0.05) is 12.0 Å². The third kappa shape index (κ3) is 4.03. The summed E-state index contributed by atoms with van der Waals surface area (Å²) in [6.45, 7) is 2.37. The van der Waals surface area contributed by atoms with Gasteiger partial charge in [-0.2, -0.15) is 5.10 Å². The van der Waals surface area contributed by atoms with E-state index in [1.807, 2.05) is 31.2 Å². The number of nitrogens with two attached hydrogens (primary N) is 1. The molecule has 0 spiro atoms. The van der Waals surface area contributed by atoms with Gasteiger partial charge in [0.15, 0.2) is 5.82 Å². The number of methoxy groups -OCH3 is 1.